The number of benzene rings is 2. The van der Waals surface area contributed by atoms with E-state index in [4.69, 9.17) is 18.9 Å². The standard InChI is InChI=1S/C24H30O4/c1-8-10-17-14-22(26-5)23(27-6)15-20(17)16(3)13-18-11-12-21(25-4)24(28-7)19(18)9-2/h9,11-15H,2,8,10H2,1,3-7H3/b16-13+. The molecule has 4 nitrogen and oxygen atoms in total. The van der Waals surface area contributed by atoms with Gasteiger partial charge in [0.25, 0.3) is 0 Å². The van der Waals surface area contributed by atoms with E-state index in [0.717, 1.165) is 46.6 Å². The average molecular weight is 383 g/mol. The summed E-state index contributed by atoms with van der Waals surface area (Å²) < 4.78 is 22.0. The molecule has 0 aliphatic carbocycles. The van der Waals surface area contributed by atoms with Gasteiger partial charge >= 0.3 is 0 Å². The van der Waals surface area contributed by atoms with Gasteiger partial charge in [0.15, 0.2) is 23.0 Å². The fourth-order valence-corrected chi connectivity index (χ4v) is 3.38. The third kappa shape index (κ3) is 4.33. The summed E-state index contributed by atoms with van der Waals surface area (Å²) in [5.74, 6) is 2.84. The second-order valence-electron chi connectivity index (χ2n) is 6.45. The summed E-state index contributed by atoms with van der Waals surface area (Å²) in [6.07, 6.45) is 5.94. The summed E-state index contributed by atoms with van der Waals surface area (Å²) >= 11 is 0. The van der Waals surface area contributed by atoms with Crippen molar-refractivity contribution in [3.8, 4) is 23.0 Å². The molecular weight excluding hydrogens is 352 g/mol. The molecule has 0 saturated heterocycles. The first kappa shape index (κ1) is 21.4. The van der Waals surface area contributed by atoms with Crippen LogP contribution in [0.25, 0.3) is 17.7 Å². The van der Waals surface area contributed by atoms with Gasteiger partial charge in [0.05, 0.1) is 28.4 Å². The third-order valence-corrected chi connectivity index (χ3v) is 4.75. The number of allylic oxidation sites excluding steroid dienone is 1. The van der Waals surface area contributed by atoms with Crippen molar-refractivity contribution in [3.05, 3.63) is 53.1 Å². The fraction of sp³-hybridized carbons (Fsp3) is 0.333. The summed E-state index contributed by atoms with van der Waals surface area (Å²) in [6, 6.07) is 8.04. The monoisotopic (exact) mass is 382 g/mol. The second kappa shape index (κ2) is 9.88. The van der Waals surface area contributed by atoms with Crippen LogP contribution in [0.4, 0.5) is 0 Å². The zero-order valence-corrected chi connectivity index (χ0v) is 17.7. The van der Waals surface area contributed by atoms with Crippen LogP contribution in [-0.4, -0.2) is 28.4 Å². The van der Waals surface area contributed by atoms with Gasteiger partial charge in [0, 0.05) is 5.56 Å². The largest absolute Gasteiger partial charge is 0.493 e. The molecule has 150 valence electrons. The Balaban J connectivity index is 2.64. The van der Waals surface area contributed by atoms with Crippen molar-refractivity contribution in [1.82, 2.24) is 0 Å². The lowest BCUT2D eigenvalue weighted by atomic mass is 9.94. The molecule has 0 aromatic heterocycles. The molecule has 0 unspecified atom stereocenters. The molecule has 0 N–H and O–H groups in total. The number of rotatable bonds is 9. The Labute approximate surface area is 168 Å². The van der Waals surface area contributed by atoms with E-state index in [2.05, 4.69) is 32.6 Å². The van der Waals surface area contributed by atoms with Crippen LogP contribution in [0, 0.1) is 0 Å². The number of hydrogen-bond acceptors (Lipinski definition) is 4. The molecule has 4 heteroatoms. The van der Waals surface area contributed by atoms with Gasteiger partial charge in [-0.3, -0.25) is 0 Å². The quantitative estimate of drug-likeness (QED) is 0.508. The molecule has 0 spiro atoms. The zero-order valence-electron chi connectivity index (χ0n) is 17.7. The molecule has 0 amide bonds. The fourth-order valence-electron chi connectivity index (χ4n) is 3.38. The van der Waals surface area contributed by atoms with E-state index < -0.39 is 0 Å². The zero-order chi connectivity index (χ0) is 20.7. The molecule has 0 radical (unpaired) electrons. The van der Waals surface area contributed by atoms with Crippen LogP contribution in [0.15, 0.2) is 30.8 Å². The molecule has 0 atom stereocenters. The maximum Gasteiger partial charge on any atom is 0.168 e. The van der Waals surface area contributed by atoms with E-state index in [9.17, 15) is 0 Å². The van der Waals surface area contributed by atoms with Crippen LogP contribution in [0.1, 0.15) is 42.5 Å². The Morgan fingerprint density at radius 3 is 2.11 bits per heavy atom. The Bertz CT molecular complexity index is 865. The average Bonchev–Trinajstić information content (AvgIpc) is 2.72. The lowest BCUT2D eigenvalue weighted by molar-refractivity contribution is 0.354. The predicted molar refractivity (Wildman–Crippen MR) is 117 cm³/mol. The van der Waals surface area contributed by atoms with E-state index in [-0.39, 0.29) is 0 Å². The molecule has 0 saturated carbocycles. The van der Waals surface area contributed by atoms with Crippen molar-refractivity contribution in [2.75, 3.05) is 28.4 Å². The minimum Gasteiger partial charge on any atom is -0.493 e. The van der Waals surface area contributed by atoms with E-state index >= 15 is 0 Å². The smallest absolute Gasteiger partial charge is 0.168 e. The molecule has 0 fully saturated rings. The van der Waals surface area contributed by atoms with E-state index in [0.29, 0.717) is 11.5 Å². The summed E-state index contributed by atoms with van der Waals surface area (Å²) in [5, 5.41) is 0. The first-order valence-electron chi connectivity index (χ1n) is 9.35. The van der Waals surface area contributed by atoms with Gasteiger partial charge in [-0.1, -0.05) is 38.1 Å². The van der Waals surface area contributed by atoms with E-state index in [1.165, 1.54) is 5.56 Å². The van der Waals surface area contributed by atoms with Crippen LogP contribution in [0.2, 0.25) is 0 Å². The van der Waals surface area contributed by atoms with Crippen molar-refractivity contribution in [3.63, 3.8) is 0 Å². The van der Waals surface area contributed by atoms with Crippen molar-refractivity contribution >= 4 is 17.7 Å². The molecule has 0 aliphatic heterocycles. The Hall–Kier alpha value is -2.88. The highest BCUT2D eigenvalue weighted by Gasteiger charge is 2.15. The van der Waals surface area contributed by atoms with Crippen molar-refractivity contribution in [2.24, 2.45) is 0 Å². The number of ether oxygens (including phenoxy) is 4. The topological polar surface area (TPSA) is 36.9 Å². The lowest BCUT2D eigenvalue weighted by Crippen LogP contribution is -1.98. The minimum atomic E-state index is 0.681. The van der Waals surface area contributed by atoms with Crippen LogP contribution in [0.5, 0.6) is 23.0 Å². The van der Waals surface area contributed by atoms with Crippen molar-refractivity contribution in [2.45, 2.75) is 26.7 Å². The number of aryl methyl sites for hydroxylation is 1. The summed E-state index contributed by atoms with van der Waals surface area (Å²) in [4.78, 5) is 0. The van der Waals surface area contributed by atoms with Gasteiger partial charge < -0.3 is 18.9 Å². The normalized spacial score (nSPS) is 11.1. The Morgan fingerprint density at radius 2 is 1.57 bits per heavy atom. The molecular formula is C24H30O4. The maximum absolute atomic E-state index is 5.55. The molecule has 0 aliphatic rings. The SMILES string of the molecule is C=Cc1c(/C=C(\C)c2cc(OC)c(OC)cc2CCC)ccc(OC)c1OC. The van der Waals surface area contributed by atoms with Crippen molar-refractivity contribution in [1.29, 1.82) is 0 Å². The highest BCUT2D eigenvalue weighted by molar-refractivity contribution is 5.86. The molecule has 0 heterocycles. The predicted octanol–water partition coefficient (Wildman–Crippen LogP) is 5.88. The van der Waals surface area contributed by atoms with Crippen LogP contribution in [-0.2, 0) is 6.42 Å². The van der Waals surface area contributed by atoms with Gasteiger partial charge in [-0.15, -0.1) is 0 Å². The summed E-state index contributed by atoms with van der Waals surface area (Å²) in [7, 11) is 6.59. The van der Waals surface area contributed by atoms with E-state index in [1.54, 1.807) is 34.5 Å². The number of methoxy groups -OCH3 is 4. The van der Waals surface area contributed by atoms with Gasteiger partial charge in [-0.05, 0) is 53.8 Å². The van der Waals surface area contributed by atoms with Gasteiger partial charge in [-0.25, -0.2) is 0 Å². The second-order valence-corrected chi connectivity index (χ2v) is 6.45. The highest BCUT2D eigenvalue weighted by Crippen LogP contribution is 2.38. The Kier molecular flexibility index (Phi) is 7.56. The summed E-state index contributed by atoms with van der Waals surface area (Å²) in [5.41, 5.74) is 5.42. The van der Waals surface area contributed by atoms with Crippen LogP contribution < -0.4 is 18.9 Å². The first-order valence-corrected chi connectivity index (χ1v) is 9.35. The minimum absolute atomic E-state index is 0.681. The first-order chi connectivity index (χ1) is 13.5. The van der Waals surface area contributed by atoms with Crippen molar-refractivity contribution < 1.29 is 18.9 Å². The Morgan fingerprint density at radius 1 is 0.929 bits per heavy atom. The molecule has 2 rings (SSSR count). The highest BCUT2D eigenvalue weighted by atomic mass is 16.5. The summed E-state index contributed by atoms with van der Waals surface area (Å²) in [6.45, 7) is 8.22. The number of hydrogen-bond donors (Lipinski definition) is 0. The van der Waals surface area contributed by atoms with E-state index in [1.807, 2.05) is 18.2 Å². The van der Waals surface area contributed by atoms with Crippen LogP contribution in [0.3, 0.4) is 0 Å². The lowest BCUT2D eigenvalue weighted by Gasteiger charge is -2.16. The third-order valence-electron chi connectivity index (χ3n) is 4.75. The van der Waals surface area contributed by atoms with Crippen LogP contribution >= 0.6 is 0 Å². The van der Waals surface area contributed by atoms with Gasteiger partial charge in [-0.2, -0.15) is 0 Å². The van der Waals surface area contributed by atoms with Gasteiger partial charge in [0.1, 0.15) is 0 Å². The maximum atomic E-state index is 5.55. The van der Waals surface area contributed by atoms with Gasteiger partial charge in [0.2, 0.25) is 0 Å². The molecule has 28 heavy (non-hydrogen) atoms. The molecule has 2 aromatic carbocycles. The molecule has 0 bridgehead atoms. The molecule has 2 aromatic rings.